The SMILES string of the molecule is CCc1ccc(-c2ccc(C3=CCC(CC)CC3)cc2)c(F)c1F. The second-order valence-corrected chi connectivity index (χ2v) is 6.61. The zero-order chi connectivity index (χ0) is 17.1. The summed E-state index contributed by atoms with van der Waals surface area (Å²) < 4.78 is 28.3. The van der Waals surface area contributed by atoms with Gasteiger partial charge in [-0.05, 0) is 53.9 Å². The molecule has 0 amide bonds. The van der Waals surface area contributed by atoms with Gasteiger partial charge < -0.3 is 0 Å². The third kappa shape index (κ3) is 3.28. The Kier molecular flexibility index (Phi) is 5.13. The minimum atomic E-state index is -0.746. The molecule has 1 aliphatic carbocycles. The second kappa shape index (κ2) is 7.29. The Labute approximate surface area is 143 Å². The summed E-state index contributed by atoms with van der Waals surface area (Å²) in [6.45, 7) is 4.07. The molecule has 2 aromatic rings. The molecule has 0 saturated carbocycles. The molecule has 0 saturated heterocycles. The fourth-order valence-corrected chi connectivity index (χ4v) is 3.47. The van der Waals surface area contributed by atoms with Crippen molar-refractivity contribution in [1.82, 2.24) is 0 Å². The van der Waals surface area contributed by atoms with Crippen LogP contribution in [0, 0.1) is 17.6 Å². The first-order valence-corrected chi connectivity index (χ1v) is 8.90. The van der Waals surface area contributed by atoms with Gasteiger partial charge in [0.2, 0.25) is 0 Å². The van der Waals surface area contributed by atoms with Gasteiger partial charge in [-0.3, -0.25) is 0 Å². The van der Waals surface area contributed by atoms with Crippen molar-refractivity contribution in [1.29, 1.82) is 0 Å². The molecule has 0 fully saturated rings. The van der Waals surface area contributed by atoms with Crippen LogP contribution in [0.5, 0.6) is 0 Å². The smallest absolute Gasteiger partial charge is 0.166 e. The lowest BCUT2D eigenvalue weighted by atomic mass is 9.85. The maximum absolute atomic E-state index is 14.3. The largest absolute Gasteiger partial charge is 0.203 e. The van der Waals surface area contributed by atoms with E-state index in [1.165, 1.54) is 24.0 Å². The summed E-state index contributed by atoms with van der Waals surface area (Å²) in [5, 5.41) is 0. The predicted molar refractivity (Wildman–Crippen MR) is 96.8 cm³/mol. The summed E-state index contributed by atoms with van der Waals surface area (Å²) in [7, 11) is 0. The van der Waals surface area contributed by atoms with Gasteiger partial charge in [0.1, 0.15) is 0 Å². The number of allylic oxidation sites excluding steroid dienone is 2. The van der Waals surface area contributed by atoms with Crippen molar-refractivity contribution in [2.24, 2.45) is 5.92 Å². The summed E-state index contributed by atoms with van der Waals surface area (Å²) in [4.78, 5) is 0. The normalized spacial score (nSPS) is 17.7. The topological polar surface area (TPSA) is 0 Å². The summed E-state index contributed by atoms with van der Waals surface area (Å²) in [5.74, 6) is -0.661. The third-order valence-electron chi connectivity index (χ3n) is 5.21. The molecule has 0 aromatic heterocycles. The first-order valence-electron chi connectivity index (χ1n) is 8.90. The molecular formula is C22H24F2. The minimum absolute atomic E-state index is 0.333. The quantitative estimate of drug-likeness (QED) is 0.580. The van der Waals surface area contributed by atoms with E-state index in [1.54, 1.807) is 12.1 Å². The van der Waals surface area contributed by atoms with Crippen molar-refractivity contribution in [3.63, 3.8) is 0 Å². The Morgan fingerprint density at radius 2 is 1.62 bits per heavy atom. The van der Waals surface area contributed by atoms with Crippen LogP contribution in [-0.2, 0) is 6.42 Å². The van der Waals surface area contributed by atoms with E-state index in [0.717, 1.165) is 24.3 Å². The summed E-state index contributed by atoms with van der Waals surface area (Å²) >= 11 is 0. The van der Waals surface area contributed by atoms with Crippen LogP contribution in [0.25, 0.3) is 16.7 Å². The molecule has 24 heavy (non-hydrogen) atoms. The van der Waals surface area contributed by atoms with Crippen LogP contribution in [0.15, 0.2) is 42.5 Å². The van der Waals surface area contributed by atoms with Gasteiger partial charge in [0.15, 0.2) is 11.6 Å². The molecule has 0 nitrogen and oxygen atoms in total. The van der Waals surface area contributed by atoms with Crippen LogP contribution < -0.4 is 0 Å². The number of halogens is 2. The third-order valence-corrected chi connectivity index (χ3v) is 5.21. The van der Waals surface area contributed by atoms with Gasteiger partial charge in [-0.1, -0.05) is 62.7 Å². The van der Waals surface area contributed by atoms with Crippen molar-refractivity contribution in [2.45, 2.75) is 46.0 Å². The standard InChI is InChI=1S/C22H24F2/c1-3-15-5-7-17(8-6-15)18-9-11-19(12-10-18)20-14-13-16(4-2)21(23)22(20)24/h7,9-15H,3-6,8H2,1-2H3. The van der Waals surface area contributed by atoms with Crippen LogP contribution in [0.4, 0.5) is 8.78 Å². The van der Waals surface area contributed by atoms with Gasteiger partial charge >= 0.3 is 0 Å². The average Bonchev–Trinajstić information content (AvgIpc) is 2.64. The number of rotatable bonds is 4. The molecule has 0 spiro atoms. The van der Waals surface area contributed by atoms with E-state index in [4.69, 9.17) is 0 Å². The first-order chi connectivity index (χ1) is 11.6. The first kappa shape index (κ1) is 16.9. The van der Waals surface area contributed by atoms with Crippen LogP contribution in [0.3, 0.4) is 0 Å². The number of hydrogen-bond donors (Lipinski definition) is 0. The van der Waals surface area contributed by atoms with E-state index in [1.807, 2.05) is 31.2 Å². The molecular weight excluding hydrogens is 302 g/mol. The van der Waals surface area contributed by atoms with Gasteiger partial charge in [0, 0.05) is 5.56 Å². The summed E-state index contributed by atoms with van der Waals surface area (Å²) in [6.07, 6.45) is 7.56. The molecule has 2 aromatic carbocycles. The molecule has 0 radical (unpaired) electrons. The highest BCUT2D eigenvalue weighted by Crippen LogP contribution is 2.33. The number of aryl methyl sites for hydroxylation is 1. The van der Waals surface area contributed by atoms with Crippen molar-refractivity contribution in [2.75, 3.05) is 0 Å². The molecule has 1 aliphatic rings. The lowest BCUT2D eigenvalue weighted by Gasteiger charge is -2.21. The zero-order valence-electron chi connectivity index (χ0n) is 14.4. The van der Waals surface area contributed by atoms with Crippen LogP contribution in [0.2, 0.25) is 0 Å². The van der Waals surface area contributed by atoms with E-state index in [2.05, 4.69) is 13.0 Å². The Balaban J connectivity index is 1.85. The molecule has 0 aliphatic heterocycles. The summed E-state index contributed by atoms with van der Waals surface area (Å²) in [6, 6.07) is 11.2. The van der Waals surface area contributed by atoms with Crippen molar-refractivity contribution >= 4 is 5.57 Å². The van der Waals surface area contributed by atoms with Crippen molar-refractivity contribution < 1.29 is 8.78 Å². The van der Waals surface area contributed by atoms with E-state index in [0.29, 0.717) is 17.5 Å². The average molecular weight is 326 g/mol. The van der Waals surface area contributed by atoms with Gasteiger partial charge in [-0.2, -0.15) is 0 Å². The molecule has 0 N–H and O–H groups in total. The molecule has 2 heteroatoms. The Morgan fingerprint density at radius 3 is 2.21 bits per heavy atom. The van der Waals surface area contributed by atoms with E-state index in [9.17, 15) is 8.78 Å². The van der Waals surface area contributed by atoms with Crippen LogP contribution >= 0.6 is 0 Å². The monoisotopic (exact) mass is 326 g/mol. The number of hydrogen-bond acceptors (Lipinski definition) is 0. The lowest BCUT2D eigenvalue weighted by molar-refractivity contribution is 0.471. The van der Waals surface area contributed by atoms with E-state index in [-0.39, 0.29) is 0 Å². The molecule has 1 atom stereocenters. The van der Waals surface area contributed by atoms with Crippen LogP contribution in [-0.4, -0.2) is 0 Å². The van der Waals surface area contributed by atoms with Gasteiger partial charge in [0.05, 0.1) is 0 Å². The minimum Gasteiger partial charge on any atom is -0.203 e. The predicted octanol–water partition coefficient (Wildman–Crippen LogP) is 6.79. The van der Waals surface area contributed by atoms with Crippen molar-refractivity contribution in [3.8, 4) is 11.1 Å². The highest BCUT2D eigenvalue weighted by molar-refractivity contribution is 5.71. The molecule has 3 rings (SSSR count). The molecule has 0 bridgehead atoms. The maximum atomic E-state index is 14.3. The van der Waals surface area contributed by atoms with Crippen LogP contribution in [0.1, 0.15) is 50.7 Å². The second-order valence-electron chi connectivity index (χ2n) is 6.61. The van der Waals surface area contributed by atoms with E-state index >= 15 is 0 Å². The van der Waals surface area contributed by atoms with E-state index < -0.39 is 11.6 Å². The Hall–Kier alpha value is -1.96. The molecule has 0 heterocycles. The summed E-state index contributed by atoms with van der Waals surface area (Å²) in [5.41, 5.74) is 4.05. The fraction of sp³-hybridized carbons (Fsp3) is 0.364. The highest BCUT2D eigenvalue weighted by Gasteiger charge is 2.16. The number of benzene rings is 2. The van der Waals surface area contributed by atoms with Gasteiger partial charge in [-0.15, -0.1) is 0 Å². The lowest BCUT2D eigenvalue weighted by Crippen LogP contribution is -2.03. The molecule has 1 unspecified atom stereocenters. The van der Waals surface area contributed by atoms with Gasteiger partial charge in [0.25, 0.3) is 0 Å². The van der Waals surface area contributed by atoms with Gasteiger partial charge in [-0.25, -0.2) is 8.78 Å². The Morgan fingerprint density at radius 1 is 0.917 bits per heavy atom. The van der Waals surface area contributed by atoms with Crippen molar-refractivity contribution in [3.05, 3.63) is 65.2 Å². The maximum Gasteiger partial charge on any atom is 0.166 e. The Bertz CT molecular complexity index is 741. The zero-order valence-corrected chi connectivity index (χ0v) is 14.4. The molecule has 126 valence electrons. The fourth-order valence-electron chi connectivity index (χ4n) is 3.47. The highest BCUT2D eigenvalue weighted by atomic mass is 19.2.